The standard InChI is InChI=1S/C51H66N2O9S/c1-32(18-14-20-34(3)22-24-39-37(6)46(57)36(5)28-50(39,8)9)16-12-13-17-33(2)19-15-21-35(4)23-25-40-38(7)47(58)43(29-51(40,10)11)62-45(56)30-52-48(59)41(31-63)53-44(55)27-26-42(54)49(60)61/h12-25,36,41,43,63H,26-31H2,1-11H3,(H,52,59)(H,53,55)(H,60,61)/b13-12+,18-14+,19-15+,24-22+,25-23+,32-16+,33-17+,34-20+,35-21+. The molecule has 0 heterocycles. The molecule has 0 aromatic rings. The van der Waals surface area contributed by atoms with Crippen molar-refractivity contribution < 1.29 is 43.4 Å². The molecule has 2 rings (SSSR count). The first kappa shape index (κ1) is 53.5. The molecule has 0 aliphatic heterocycles. The van der Waals surface area contributed by atoms with Crippen molar-refractivity contribution in [3.05, 3.63) is 130 Å². The maximum Gasteiger partial charge on any atom is 0.372 e. The number of ketones is 3. The SMILES string of the molecule is CC1=C(/C=C/C(C)=C/C=C/C(C)=C/C=C/C=C(C)/C=C/C=C(C)/C=C/C2=C(C)C(=O)C(OC(=O)CNC(=O)C(CS)NC(=O)CCC(=O)C(=O)O)CC2(C)C)C(C)(C)CC(C)C1=O. The number of hydrogen-bond donors (Lipinski definition) is 4. The number of carbonyl (C=O) groups is 7. The molecule has 63 heavy (non-hydrogen) atoms. The third kappa shape index (κ3) is 17.6. The van der Waals surface area contributed by atoms with E-state index in [9.17, 15) is 33.6 Å². The van der Waals surface area contributed by atoms with Gasteiger partial charge >= 0.3 is 11.9 Å². The van der Waals surface area contributed by atoms with Crippen molar-refractivity contribution in [2.24, 2.45) is 16.7 Å². The fourth-order valence-electron chi connectivity index (χ4n) is 7.37. The molecular formula is C51H66N2O9S. The Morgan fingerprint density at radius 1 is 0.730 bits per heavy atom. The van der Waals surface area contributed by atoms with Crippen LogP contribution < -0.4 is 10.6 Å². The Morgan fingerprint density at radius 2 is 1.19 bits per heavy atom. The average Bonchev–Trinajstić information content (AvgIpc) is 3.20. The lowest BCUT2D eigenvalue weighted by Gasteiger charge is -2.36. The fourth-order valence-corrected chi connectivity index (χ4v) is 7.63. The van der Waals surface area contributed by atoms with E-state index in [0.717, 1.165) is 45.4 Å². The summed E-state index contributed by atoms with van der Waals surface area (Å²) in [6, 6.07) is -1.15. The van der Waals surface area contributed by atoms with E-state index >= 15 is 0 Å². The Labute approximate surface area is 379 Å². The summed E-state index contributed by atoms with van der Waals surface area (Å²) in [7, 11) is 0. The van der Waals surface area contributed by atoms with Crippen LogP contribution in [0.5, 0.6) is 0 Å². The Bertz CT molecular complexity index is 2150. The molecule has 0 aromatic carbocycles. The number of aliphatic carboxylic acids is 1. The number of hydrogen-bond acceptors (Lipinski definition) is 9. The van der Waals surface area contributed by atoms with Gasteiger partial charge < -0.3 is 20.5 Å². The molecule has 0 radical (unpaired) electrons. The third-order valence-electron chi connectivity index (χ3n) is 10.9. The summed E-state index contributed by atoms with van der Waals surface area (Å²) in [5, 5.41) is 13.4. The summed E-state index contributed by atoms with van der Waals surface area (Å²) in [5.41, 5.74) is 6.95. The van der Waals surface area contributed by atoms with Crippen molar-refractivity contribution in [3.8, 4) is 0 Å². The fraction of sp³-hybridized carbons (Fsp3) is 0.431. The van der Waals surface area contributed by atoms with E-state index in [-0.39, 0.29) is 35.1 Å². The van der Waals surface area contributed by atoms with Crippen molar-refractivity contribution in [1.82, 2.24) is 10.6 Å². The first-order chi connectivity index (χ1) is 29.4. The zero-order chi connectivity index (χ0) is 47.7. The summed E-state index contributed by atoms with van der Waals surface area (Å²) in [6.45, 7) is 21.5. The van der Waals surface area contributed by atoms with Gasteiger partial charge in [0, 0.05) is 30.9 Å². The Balaban J connectivity index is 1.94. The van der Waals surface area contributed by atoms with Crippen LogP contribution in [-0.2, 0) is 38.3 Å². The normalized spacial score (nSPS) is 20.8. The molecule has 0 fully saturated rings. The smallest absolute Gasteiger partial charge is 0.372 e. The lowest BCUT2D eigenvalue weighted by molar-refractivity contribution is -0.155. The van der Waals surface area contributed by atoms with Gasteiger partial charge in [0.05, 0.1) is 0 Å². The van der Waals surface area contributed by atoms with Crippen LogP contribution in [-0.4, -0.2) is 70.7 Å². The second kappa shape index (κ2) is 24.9. The lowest BCUT2D eigenvalue weighted by atomic mass is 9.68. The van der Waals surface area contributed by atoms with E-state index < -0.39 is 66.5 Å². The summed E-state index contributed by atoms with van der Waals surface area (Å²) < 4.78 is 5.49. The minimum atomic E-state index is -1.66. The molecule has 2 amide bonds. The van der Waals surface area contributed by atoms with Gasteiger partial charge in [-0.15, -0.1) is 0 Å². The highest BCUT2D eigenvalue weighted by Crippen LogP contribution is 2.42. The van der Waals surface area contributed by atoms with Crippen molar-refractivity contribution in [3.63, 3.8) is 0 Å². The molecule has 0 spiro atoms. The second-order valence-corrected chi connectivity index (χ2v) is 17.9. The number of amides is 2. The minimum Gasteiger partial charge on any atom is -0.476 e. The van der Waals surface area contributed by atoms with Gasteiger partial charge in [-0.3, -0.25) is 28.8 Å². The molecule has 3 unspecified atom stereocenters. The van der Waals surface area contributed by atoms with Crippen molar-refractivity contribution in [2.75, 3.05) is 12.3 Å². The van der Waals surface area contributed by atoms with Crippen LogP contribution in [0.3, 0.4) is 0 Å². The highest BCUT2D eigenvalue weighted by molar-refractivity contribution is 7.80. The van der Waals surface area contributed by atoms with E-state index in [4.69, 9.17) is 9.84 Å². The number of Topliss-reactive ketones (excluding diaryl/α,β-unsaturated/α-hetero) is 3. The quantitative estimate of drug-likeness (QED) is 0.0404. The molecule has 0 bridgehead atoms. The van der Waals surface area contributed by atoms with Gasteiger partial charge in [0.25, 0.3) is 0 Å². The van der Waals surface area contributed by atoms with E-state index in [1.807, 2.05) is 109 Å². The van der Waals surface area contributed by atoms with Gasteiger partial charge in [0.15, 0.2) is 17.7 Å². The maximum absolute atomic E-state index is 13.3. The molecule has 2 aliphatic carbocycles. The Kier molecular flexibility index (Phi) is 21.1. The molecule has 3 N–H and O–H groups in total. The number of carboxylic acids is 1. The summed E-state index contributed by atoms with van der Waals surface area (Å²) in [4.78, 5) is 85.1. The summed E-state index contributed by atoms with van der Waals surface area (Å²) in [6.07, 6.45) is 27.2. The third-order valence-corrected chi connectivity index (χ3v) is 11.2. The van der Waals surface area contributed by atoms with Gasteiger partial charge in [-0.1, -0.05) is 142 Å². The molecule has 340 valence electrons. The van der Waals surface area contributed by atoms with Crippen LogP contribution in [0, 0.1) is 16.7 Å². The van der Waals surface area contributed by atoms with Crippen LogP contribution in [0.1, 0.15) is 102 Å². The van der Waals surface area contributed by atoms with Crippen LogP contribution >= 0.6 is 12.6 Å². The lowest BCUT2D eigenvalue weighted by Crippen LogP contribution is -2.49. The highest BCUT2D eigenvalue weighted by Gasteiger charge is 2.40. The predicted molar refractivity (Wildman–Crippen MR) is 253 cm³/mol. The first-order valence-electron chi connectivity index (χ1n) is 21.1. The van der Waals surface area contributed by atoms with Gasteiger partial charge in [-0.05, 0) is 81.1 Å². The molecule has 0 saturated carbocycles. The molecular weight excluding hydrogens is 817 g/mol. The molecule has 2 aliphatic rings. The number of carboxylic acid groups (broad SMARTS) is 1. The zero-order valence-electron chi connectivity index (χ0n) is 38.7. The molecule has 11 nitrogen and oxygen atoms in total. The number of rotatable bonds is 20. The van der Waals surface area contributed by atoms with Gasteiger partial charge in [0.2, 0.25) is 17.6 Å². The van der Waals surface area contributed by atoms with Crippen molar-refractivity contribution in [2.45, 2.75) is 114 Å². The van der Waals surface area contributed by atoms with Gasteiger partial charge in [-0.2, -0.15) is 12.6 Å². The van der Waals surface area contributed by atoms with Crippen molar-refractivity contribution in [1.29, 1.82) is 0 Å². The van der Waals surface area contributed by atoms with Crippen molar-refractivity contribution >= 4 is 53.7 Å². The predicted octanol–water partition coefficient (Wildman–Crippen LogP) is 8.70. The summed E-state index contributed by atoms with van der Waals surface area (Å²) in [5.74, 6) is -5.25. The molecule has 3 atom stereocenters. The average molecular weight is 883 g/mol. The van der Waals surface area contributed by atoms with Gasteiger partial charge in [0.1, 0.15) is 12.6 Å². The number of ether oxygens (including phenoxy) is 1. The summed E-state index contributed by atoms with van der Waals surface area (Å²) >= 11 is 4.04. The van der Waals surface area contributed by atoms with E-state index in [1.165, 1.54) is 0 Å². The second-order valence-electron chi connectivity index (χ2n) is 17.5. The highest BCUT2D eigenvalue weighted by atomic mass is 32.1. The number of nitrogens with one attached hydrogen (secondary N) is 2. The number of thiol groups is 1. The monoisotopic (exact) mass is 882 g/mol. The van der Waals surface area contributed by atoms with Crippen LogP contribution in [0.25, 0.3) is 0 Å². The number of allylic oxidation sites excluding steroid dienone is 21. The van der Waals surface area contributed by atoms with Crippen LogP contribution in [0.15, 0.2) is 130 Å². The topological polar surface area (TPSA) is 173 Å². The van der Waals surface area contributed by atoms with Crippen LogP contribution in [0.4, 0.5) is 0 Å². The Morgan fingerprint density at radius 3 is 1.68 bits per heavy atom. The Hall–Kier alpha value is -5.62. The first-order valence-corrected chi connectivity index (χ1v) is 21.8. The molecule has 12 heteroatoms. The molecule has 0 saturated heterocycles. The molecule has 0 aromatic heterocycles. The number of esters is 1. The maximum atomic E-state index is 13.3. The van der Waals surface area contributed by atoms with E-state index in [0.29, 0.717) is 5.57 Å². The largest absolute Gasteiger partial charge is 0.476 e. The van der Waals surface area contributed by atoms with Gasteiger partial charge in [-0.25, -0.2) is 4.79 Å². The minimum absolute atomic E-state index is 0.0311. The number of carbonyl (C=O) groups excluding carboxylic acids is 6. The van der Waals surface area contributed by atoms with E-state index in [2.05, 4.69) is 68.3 Å². The van der Waals surface area contributed by atoms with E-state index in [1.54, 1.807) is 6.92 Å². The van der Waals surface area contributed by atoms with Crippen LogP contribution in [0.2, 0.25) is 0 Å². The zero-order valence-corrected chi connectivity index (χ0v) is 39.6.